The van der Waals surface area contributed by atoms with Crippen LogP contribution >= 0.6 is 0 Å². The lowest BCUT2D eigenvalue weighted by atomic mass is 10.1. The number of nitrogens with one attached hydrogen (secondary N) is 2. The van der Waals surface area contributed by atoms with Crippen LogP contribution in [0, 0.1) is 0 Å². The van der Waals surface area contributed by atoms with Gasteiger partial charge in [-0.25, -0.2) is 5.01 Å². The fourth-order valence-electron chi connectivity index (χ4n) is 3.70. The Morgan fingerprint density at radius 1 is 1.11 bits per heavy atom. The van der Waals surface area contributed by atoms with Crippen molar-refractivity contribution in [1.82, 2.24) is 15.3 Å². The van der Waals surface area contributed by atoms with E-state index in [1.807, 2.05) is 24.3 Å². The maximum Gasteiger partial charge on any atom is 0.133 e. The van der Waals surface area contributed by atoms with Gasteiger partial charge in [0, 0.05) is 43.1 Å². The van der Waals surface area contributed by atoms with Gasteiger partial charge in [-0.05, 0) is 54.6 Å². The summed E-state index contributed by atoms with van der Waals surface area (Å²) in [5, 5.41) is 11.2. The van der Waals surface area contributed by atoms with Crippen LogP contribution in [-0.4, -0.2) is 36.2 Å². The maximum atomic E-state index is 5.48. The van der Waals surface area contributed by atoms with E-state index >= 15 is 0 Å². The zero-order valence-corrected chi connectivity index (χ0v) is 22.3. The number of anilines is 1. The van der Waals surface area contributed by atoms with Crippen molar-refractivity contribution in [3.63, 3.8) is 0 Å². The van der Waals surface area contributed by atoms with Crippen LogP contribution in [0.3, 0.4) is 0 Å². The molecule has 4 rings (SSSR count). The first-order valence-corrected chi connectivity index (χ1v) is 12.6. The fourth-order valence-corrected chi connectivity index (χ4v) is 3.70. The number of hydrogen-bond donors (Lipinski definition) is 3. The van der Waals surface area contributed by atoms with Crippen molar-refractivity contribution in [2.45, 2.75) is 46.3 Å². The summed E-state index contributed by atoms with van der Waals surface area (Å²) in [7, 11) is 2.08. The zero-order valence-electron chi connectivity index (χ0n) is 22.3. The molecular formula is C30H43N5O. The Bertz CT molecular complexity index is 1020. The van der Waals surface area contributed by atoms with E-state index in [1.165, 1.54) is 23.7 Å². The average molecular weight is 490 g/mol. The predicted molar refractivity (Wildman–Crippen MR) is 153 cm³/mol. The summed E-state index contributed by atoms with van der Waals surface area (Å²) in [5.41, 5.74) is 10.5. The Kier molecular flexibility index (Phi) is 12.4. The Morgan fingerprint density at radius 2 is 1.78 bits per heavy atom. The third-order valence-corrected chi connectivity index (χ3v) is 5.67. The summed E-state index contributed by atoms with van der Waals surface area (Å²) in [5.74, 6) is 0.874. The van der Waals surface area contributed by atoms with E-state index in [0.29, 0.717) is 12.6 Å². The number of benzene rings is 2. The summed E-state index contributed by atoms with van der Waals surface area (Å²) in [6, 6.07) is 21.4. The Morgan fingerprint density at radius 3 is 2.31 bits per heavy atom. The largest absolute Gasteiger partial charge is 0.464 e. The highest BCUT2D eigenvalue weighted by Gasteiger charge is 2.22. The molecule has 3 aromatic rings. The summed E-state index contributed by atoms with van der Waals surface area (Å²) < 4.78 is 5.48. The molecule has 0 bridgehead atoms. The molecule has 0 radical (unpaired) electrons. The van der Waals surface area contributed by atoms with E-state index in [2.05, 4.69) is 104 Å². The molecule has 6 heteroatoms. The van der Waals surface area contributed by atoms with E-state index in [1.54, 1.807) is 6.26 Å². The van der Waals surface area contributed by atoms with Gasteiger partial charge in [0.2, 0.25) is 0 Å². The minimum Gasteiger partial charge on any atom is -0.464 e. The molecule has 0 unspecified atom stereocenters. The number of nitrogens with two attached hydrogens (primary N) is 1. The van der Waals surface area contributed by atoms with E-state index in [-0.39, 0.29) is 0 Å². The van der Waals surface area contributed by atoms with Crippen molar-refractivity contribution >= 4 is 5.69 Å². The van der Waals surface area contributed by atoms with Crippen LogP contribution in [0.2, 0.25) is 0 Å². The summed E-state index contributed by atoms with van der Waals surface area (Å²) in [6.07, 6.45) is 4.18. The van der Waals surface area contributed by atoms with Gasteiger partial charge in [-0.1, -0.05) is 70.3 Å². The number of likely N-dealkylation sites (N-methyl/N-ethyl adjacent to an activating group) is 1. The van der Waals surface area contributed by atoms with E-state index in [9.17, 15) is 0 Å². The van der Waals surface area contributed by atoms with E-state index < -0.39 is 0 Å². The third kappa shape index (κ3) is 9.29. The van der Waals surface area contributed by atoms with Crippen LogP contribution in [0.25, 0.3) is 11.3 Å². The maximum absolute atomic E-state index is 5.48. The molecule has 1 aliphatic heterocycles. The average Bonchev–Trinajstić information content (AvgIpc) is 3.57. The molecule has 1 aliphatic rings. The van der Waals surface area contributed by atoms with Crippen LogP contribution in [0.4, 0.5) is 5.69 Å². The second-order valence-electron chi connectivity index (χ2n) is 8.94. The molecule has 0 saturated carbocycles. The van der Waals surface area contributed by atoms with Crippen LogP contribution in [0.1, 0.15) is 38.3 Å². The van der Waals surface area contributed by atoms with Crippen molar-refractivity contribution in [3.05, 3.63) is 103 Å². The lowest BCUT2D eigenvalue weighted by Crippen LogP contribution is -2.36. The summed E-state index contributed by atoms with van der Waals surface area (Å²) in [4.78, 5) is 0. The molecular weight excluding hydrogens is 446 g/mol. The number of hydrazine groups is 1. The van der Waals surface area contributed by atoms with Gasteiger partial charge in [-0.3, -0.25) is 0 Å². The second-order valence-corrected chi connectivity index (χ2v) is 8.94. The van der Waals surface area contributed by atoms with Crippen molar-refractivity contribution in [3.8, 4) is 11.3 Å². The van der Waals surface area contributed by atoms with Gasteiger partial charge in [0.05, 0.1) is 12.8 Å². The SMILES string of the molecule is C=C(CNc1cccc(-c2ccco2)c1)N(C)N1Cc2ccccc2C1.C=CN.CCCNC(C)C. The van der Waals surface area contributed by atoms with Crippen LogP contribution in [-0.2, 0) is 13.1 Å². The van der Waals surface area contributed by atoms with Crippen LogP contribution in [0.15, 0.2) is 96.4 Å². The minimum absolute atomic E-state index is 0.653. The molecule has 0 spiro atoms. The smallest absolute Gasteiger partial charge is 0.133 e. The van der Waals surface area contributed by atoms with Crippen molar-refractivity contribution in [2.24, 2.45) is 5.73 Å². The second kappa shape index (κ2) is 15.5. The minimum atomic E-state index is 0.653. The summed E-state index contributed by atoms with van der Waals surface area (Å²) in [6.45, 7) is 17.6. The molecule has 0 atom stereocenters. The molecule has 0 aliphatic carbocycles. The molecule has 0 amide bonds. The van der Waals surface area contributed by atoms with Gasteiger partial charge in [0.1, 0.15) is 5.76 Å². The van der Waals surface area contributed by atoms with Gasteiger partial charge in [0.15, 0.2) is 0 Å². The van der Waals surface area contributed by atoms with Crippen molar-refractivity contribution < 1.29 is 4.42 Å². The standard InChI is InChI=1S/C22H23N3O.C6H15N.C2H5N/c1-17(24(2)25-15-19-7-3-4-8-20(19)16-25)14-23-21-10-5-9-18(13-21)22-11-6-12-26-22;1-4-5-7-6(2)3;1-2-3/h3-13,23H,1,14-16H2,2H3;6-7H,4-5H2,1-3H3;2H,1,3H2. The zero-order chi connectivity index (χ0) is 26.3. The Hall–Kier alpha value is -3.48. The molecule has 6 nitrogen and oxygen atoms in total. The molecule has 2 heterocycles. The number of furan rings is 1. The highest BCUT2D eigenvalue weighted by atomic mass is 16.3. The van der Waals surface area contributed by atoms with Crippen LogP contribution < -0.4 is 16.4 Å². The van der Waals surface area contributed by atoms with Crippen molar-refractivity contribution in [2.75, 3.05) is 25.5 Å². The highest BCUT2D eigenvalue weighted by Crippen LogP contribution is 2.25. The molecule has 36 heavy (non-hydrogen) atoms. The monoisotopic (exact) mass is 489 g/mol. The number of nitrogens with zero attached hydrogens (tertiary/aromatic N) is 2. The normalized spacial score (nSPS) is 12.0. The molecule has 0 fully saturated rings. The first-order valence-electron chi connectivity index (χ1n) is 12.6. The Labute approximate surface area is 217 Å². The number of fused-ring (bicyclic) bond motifs is 1. The number of hydrogen-bond acceptors (Lipinski definition) is 6. The van der Waals surface area contributed by atoms with Gasteiger partial charge >= 0.3 is 0 Å². The predicted octanol–water partition coefficient (Wildman–Crippen LogP) is 6.22. The highest BCUT2D eigenvalue weighted by molar-refractivity contribution is 5.63. The van der Waals surface area contributed by atoms with E-state index in [0.717, 1.165) is 42.3 Å². The fraction of sp³-hybridized carbons (Fsp3) is 0.333. The van der Waals surface area contributed by atoms with Gasteiger partial charge in [0.25, 0.3) is 0 Å². The van der Waals surface area contributed by atoms with Gasteiger partial charge in [-0.15, -0.1) is 0 Å². The van der Waals surface area contributed by atoms with Gasteiger partial charge in [-0.2, -0.15) is 0 Å². The molecule has 4 N–H and O–H groups in total. The number of rotatable bonds is 9. The van der Waals surface area contributed by atoms with Crippen molar-refractivity contribution in [1.29, 1.82) is 0 Å². The topological polar surface area (TPSA) is 69.7 Å². The first-order chi connectivity index (χ1) is 17.4. The molecule has 1 aromatic heterocycles. The van der Waals surface area contributed by atoms with Gasteiger partial charge < -0.3 is 25.8 Å². The molecule has 194 valence electrons. The lowest BCUT2D eigenvalue weighted by molar-refractivity contribution is 0.0291. The van der Waals surface area contributed by atoms with E-state index in [4.69, 9.17) is 4.42 Å². The molecule has 0 saturated heterocycles. The molecule has 2 aromatic carbocycles. The van der Waals surface area contributed by atoms with Crippen LogP contribution in [0.5, 0.6) is 0 Å². The quantitative estimate of drug-likeness (QED) is 0.332. The first kappa shape index (κ1) is 28.8. The Balaban J connectivity index is 0.000000391. The summed E-state index contributed by atoms with van der Waals surface area (Å²) >= 11 is 0. The lowest BCUT2D eigenvalue weighted by Gasteiger charge is -2.31. The third-order valence-electron chi connectivity index (χ3n) is 5.67.